The molecule has 0 aliphatic heterocycles. The van der Waals surface area contributed by atoms with Gasteiger partial charge in [0.05, 0.1) is 7.11 Å². The summed E-state index contributed by atoms with van der Waals surface area (Å²) in [6.45, 7) is 3.63. The zero-order valence-corrected chi connectivity index (χ0v) is 15.4. The Morgan fingerprint density at radius 1 is 1.07 bits per heavy atom. The first-order valence-electron chi connectivity index (χ1n) is 8.50. The van der Waals surface area contributed by atoms with Gasteiger partial charge in [-0.25, -0.2) is 4.79 Å². The van der Waals surface area contributed by atoms with Crippen LogP contribution in [0, 0.1) is 13.8 Å². The lowest BCUT2D eigenvalue weighted by Gasteiger charge is -2.12. The molecule has 2 aromatic carbocycles. The van der Waals surface area contributed by atoms with Crippen LogP contribution in [0.3, 0.4) is 0 Å². The van der Waals surface area contributed by atoms with Gasteiger partial charge in [0.25, 0.3) is 0 Å². The molecule has 5 nitrogen and oxygen atoms in total. The van der Waals surface area contributed by atoms with Gasteiger partial charge in [-0.1, -0.05) is 24.3 Å². The Hall–Kier alpha value is -3.34. The van der Waals surface area contributed by atoms with Gasteiger partial charge in [-0.05, 0) is 60.9 Å². The van der Waals surface area contributed by atoms with Crippen LogP contribution in [-0.4, -0.2) is 25.5 Å². The van der Waals surface area contributed by atoms with E-state index in [4.69, 9.17) is 9.15 Å². The van der Waals surface area contributed by atoms with Gasteiger partial charge in [0.15, 0.2) is 12.4 Å². The predicted molar refractivity (Wildman–Crippen MR) is 103 cm³/mol. The van der Waals surface area contributed by atoms with E-state index in [0.29, 0.717) is 17.1 Å². The number of fused-ring (bicyclic) bond motifs is 1. The Bertz CT molecular complexity index is 970. The van der Waals surface area contributed by atoms with Crippen LogP contribution in [0.25, 0.3) is 17.0 Å². The average molecular weight is 364 g/mol. The maximum absolute atomic E-state index is 12.4. The number of ether oxygens (including phenoxy) is 2. The van der Waals surface area contributed by atoms with Crippen molar-refractivity contribution in [2.45, 2.75) is 13.8 Å². The summed E-state index contributed by atoms with van der Waals surface area (Å²) < 4.78 is 15.7. The summed E-state index contributed by atoms with van der Waals surface area (Å²) in [5.41, 5.74) is 3.29. The second-order valence-electron chi connectivity index (χ2n) is 6.19. The Morgan fingerprint density at radius 2 is 1.78 bits per heavy atom. The number of aryl methyl sites for hydroxylation is 2. The monoisotopic (exact) mass is 364 g/mol. The molecule has 0 saturated heterocycles. The maximum Gasteiger partial charge on any atom is 0.343 e. The third-order valence-electron chi connectivity index (χ3n) is 4.14. The topological polar surface area (TPSA) is 65.7 Å². The number of ketones is 1. The molecule has 0 aliphatic rings. The lowest BCUT2D eigenvalue weighted by Crippen LogP contribution is -2.13. The standard InChI is InChI=1S/C22H20O5/c1-14-10-16(11-15(2)22(14)26-13-21(24)25-3)8-9-18(23)20-12-17-6-4-5-7-19(17)27-20/h4-12H,13H2,1-3H3/b9-8+. The van der Waals surface area contributed by atoms with Crippen molar-refractivity contribution >= 4 is 28.8 Å². The van der Waals surface area contributed by atoms with E-state index in [9.17, 15) is 9.59 Å². The average Bonchev–Trinajstić information content (AvgIpc) is 3.09. The van der Waals surface area contributed by atoms with E-state index in [1.807, 2.05) is 50.2 Å². The Labute approximate surface area is 157 Å². The zero-order chi connectivity index (χ0) is 19.4. The van der Waals surface area contributed by atoms with Crippen molar-refractivity contribution in [2.75, 3.05) is 13.7 Å². The van der Waals surface area contributed by atoms with E-state index in [-0.39, 0.29) is 12.4 Å². The number of furan rings is 1. The van der Waals surface area contributed by atoms with E-state index in [1.165, 1.54) is 13.2 Å². The van der Waals surface area contributed by atoms with Crippen LogP contribution in [0.4, 0.5) is 0 Å². The van der Waals surface area contributed by atoms with Crippen LogP contribution in [0.1, 0.15) is 27.2 Å². The van der Waals surface area contributed by atoms with Crippen molar-refractivity contribution in [3.63, 3.8) is 0 Å². The molecule has 1 aromatic heterocycles. The number of hydrogen-bond donors (Lipinski definition) is 0. The van der Waals surface area contributed by atoms with Crippen molar-refractivity contribution in [1.29, 1.82) is 0 Å². The molecule has 138 valence electrons. The van der Waals surface area contributed by atoms with E-state index >= 15 is 0 Å². The molecule has 0 unspecified atom stereocenters. The Morgan fingerprint density at radius 3 is 2.44 bits per heavy atom. The lowest BCUT2D eigenvalue weighted by molar-refractivity contribution is -0.142. The van der Waals surface area contributed by atoms with Gasteiger partial charge >= 0.3 is 5.97 Å². The van der Waals surface area contributed by atoms with Crippen LogP contribution in [0.2, 0.25) is 0 Å². The molecule has 0 spiro atoms. The number of rotatable bonds is 6. The van der Waals surface area contributed by atoms with Crippen molar-refractivity contribution in [2.24, 2.45) is 0 Å². The highest BCUT2D eigenvalue weighted by molar-refractivity contribution is 6.07. The molecule has 27 heavy (non-hydrogen) atoms. The molecule has 1 heterocycles. The van der Waals surface area contributed by atoms with Gasteiger partial charge in [0.1, 0.15) is 11.3 Å². The van der Waals surface area contributed by atoms with Crippen molar-refractivity contribution < 1.29 is 23.5 Å². The zero-order valence-electron chi connectivity index (χ0n) is 15.4. The van der Waals surface area contributed by atoms with Gasteiger partial charge in [0, 0.05) is 5.39 Å². The molecule has 3 rings (SSSR count). The number of hydrogen-bond acceptors (Lipinski definition) is 5. The fourth-order valence-electron chi connectivity index (χ4n) is 2.86. The van der Waals surface area contributed by atoms with Gasteiger partial charge in [-0.3, -0.25) is 4.79 Å². The first kappa shape index (κ1) is 18.5. The fourth-order valence-corrected chi connectivity index (χ4v) is 2.86. The van der Waals surface area contributed by atoms with Gasteiger partial charge in [-0.15, -0.1) is 0 Å². The number of para-hydroxylation sites is 1. The Kier molecular flexibility index (Phi) is 5.41. The maximum atomic E-state index is 12.4. The molecule has 5 heteroatoms. The molecule has 0 bridgehead atoms. The van der Waals surface area contributed by atoms with Crippen LogP contribution < -0.4 is 4.74 Å². The summed E-state index contributed by atoms with van der Waals surface area (Å²) in [5.74, 6) is 0.307. The molecular weight excluding hydrogens is 344 g/mol. The molecular formula is C22H20O5. The molecule has 0 radical (unpaired) electrons. The van der Waals surface area contributed by atoms with Gasteiger partial charge in [-0.2, -0.15) is 0 Å². The third kappa shape index (κ3) is 4.26. The summed E-state index contributed by atoms with van der Waals surface area (Å²) in [6.07, 6.45) is 3.22. The number of allylic oxidation sites excluding steroid dienone is 1. The first-order chi connectivity index (χ1) is 13.0. The van der Waals surface area contributed by atoms with Gasteiger partial charge in [0.2, 0.25) is 5.78 Å². The van der Waals surface area contributed by atoms with E-state index < -0.39 is 5.97 Å². The SMILES string of the molecule is COC(=O)COc1c(C)cc(/C=C/C(=O)c2cc3ccccc3o2)cc1C. The van der Waals surface area contributed by atoms with Crippen LogP contribution in [0.15, 0.2) is 53.0 Å². The molecule has 3 aromatic rings. The highest BCUT2D eigenvalue weighted by Gasteiger charge is 2.11. The first-order valence-corrected chi connectivity index (χ1v) is 8.50. The second-order valence-corrected chi connectivity index (χ2v) is 6.19. The summed E-state index contributed by atoms with van der Waals surface area (Å²) in [4.78, 5) is 23.6. The van der Waals surface area contributed by atoms with E-state index in [0.717, 1.165) is 22.1 Å². The number of carbonyl (C=O) groups excluding carboxylic acids is 2. The van der Waals surface area contributed by atoms with Crippen molar-refractivity contribution in [1.82, 2.24) is 0 Å². The molecule has 0 aliphatic carbocycles. The summed E-state index contributed by atoms with van der Waals surface area (Å²) in [7, 11) is 1.32. The molecule has 0 amide bonds. The minimum atomic E-state index is -0.436. The van der Waals surface area contributed by atoms with Crippen LogP contribution >= 0.6 is 0 Å². The van der Waals surface area contributed by atoms with Crippen LogP contribution in [0.5, 0.6) is 5.75 Å². The Balaban J connectivity index is 1.76. The number of carbonyl (C=O) groups is 2. The normalized spacial score (nSPS) is 11.1. The minimum Gasteiger partial charge on any atom is -0.481 e. The quantitative estimate of drug-likeness (QED) is 0.366. The fraction of sp³-hybridized carbons (Fsp3) is 0.182. The molecule has 0 fully saturated rings. The van der Waals surface area contributed by atoms with E-state index in [2.05, 4.69) is 4.74 Å². The number of benzene rings is 2. The summed E-state index contributed by atoms with van der Waals surface area (Å²) >= 11 is 0. The van der Waals surface area contributed by atoms with Crippen LogP contribution in [-0.2, 0) is 9.53 Å². The minimum absolute atomic E-state index is 0.141. The summed E-state index contributed by atoms with van der Waals surface area (Å²) in [6, 6.07) is 13.0. The van der Waals surface area contributed by atoms with E-state index in [1.54, 1.807) is 12.1 Å². The molecule has 0 N–H and O–H groups in total. The third-order valence-corrected chi connectivity index (χ3v) is 4.14. The smallest absolute Gasteiger partial charge is 0.343 e. The second kappa shape index (κ2) is 7.91. The molecule has 0 atom stereocenters. The highest BCUT2D eigenvalue weighted by Crippen LogP contribution is 2.26. The summed E-state index contributed by atoms with van der Waals surface area (Å²) in [5, 5.41) is 0.896. The lowest BCUT2D eigenvalue weighted by atomic mass is 10.0. The van der Waals surface area contributed by atoms with Crippen molar-refractivity contribution in [3.8, 4) is 5.75 Å². The predicted octanol–water partition coefficient (Wildman–Crippen LogP) is 4.50. The number of methoxy groups -OCH3 is 1. The highest BCUT2D eigenvalue weighted by atomic mass is 16.6. The van der Waals surface area contributed by atoms with Gasteiger partial charge < -0.3 is 13.9 Å². The molecule has 0 saturated carbocycles. The largest absolute Gasteiger partial charge is 0.481 e. The van der Waals surface area contributed by atoms with Crippen molar-refractivity contribution in [3.05, 3.63) is 71.0 Å². The number of esters is 1.